The third-order valence-corrected chi connectivity index (χ3v) is 18.3. The van der Waals surface area contributed by atoms with Crippen LogP contribution < -0.4 is 25.0 Å². The number of amides is 3. The van der Waals surface area contributed by atoms with E-state index >= 15 is 4.39 Å². The van der Waals surface area contributed by atoms with E-state index in [0.717, 1.165) is 65.8 Å². The van der Waals surface area contributed by atoms with Gasteiger partial charge < -0.3 is 49.2 Å². The molecule has 4 aromatic heterocycles. The van der Waals surface area contributed by atoms with Gasteiger partial charge in [-0.1, -0.05) is 49.7 Å². The van der Waals surface area contributed by atoms with Crippen molar-refractivity contribution < 1.29 is 42.6 Å². The number of phenolic OH excluding ortho intramolecular Hbond substituents is 1. The highest BCUT2D eigenvalue weighted by atomic mass is 35.5. The van der Waals surface area contributed by atoms with Crippen LogP contribution in [0.5, 0.6) is 17.6 Å². The van der Waals surface area contributed by atoms with Crippen molar-refractivity contribution in [2.75, 3.05) is 57.9 Å². The first-order chi connectivity index (χ1) is 38.6. The number of rotatable bonds is 17. The fraction of sp³-hybridized carbons (Fsp3) is 0.517. The SMILES string of the molecule is Cc1ncsc1-c1ccc([C@H](C)NC(=O)[C@@H]2CCCN2C(=O)[C@@H](c2cc(OC3CN(C(=O)OCC4CC[C@@H](COc5nc(N6CC7CCC(C6)N7)c6cnc(-c7cc(O)cc(Cl)c7C7CC7)c(F)c6n5)N4C)C3)no2)C(C)C)cc1. The second-order valence-electron chi connectivity index (χ2n) is 22.9. The first-order valence-electron chi connectivity index (χ1n) is 28.0. The maximum atomic E-state index is 17.0. The number of aromatic nitrogens is 5. The highest BCUT2D eigenvalue weighted by Crippen LogP contribution is 2.49. The molecular formula is C58H67ClFN11O8S. The number of nitrogens with zero attached hydrogens (tertiary/aromatic N) is 9. The van der Waals surface area contributed by atoms with E-state index in [2.05, 4.69) is 40.5 Å². The molecule has 12 rings (SSSR count). The summed E-state index contributed by atoms with van der Waals surface area (Å²) < 4.78 is 41.0. The molecule has 5 aliphatic heterocycles. The zero-order valence-corrected chi connectivity index (χ0v) is 47.1. The molecular weight excluding hydrogens is 1070 g/mol. The Bertz CT molecular complexity index is 3290. The first kappa shape index (κ1) is 53.9. The molecule has 0 spiro atoms. The second kappa shape index (κ2) is 22.3. The van der Waals surface area contributed by atoms with Crippen molar-refractivity contribution in [1.29, 1.82) is 0 Å². The third kappa shape index (κ3) is 10.8. The van der Waals surface area contributed by atoms with Gasteiger partial charge in [0, 0.05) is 66.7 Å². The molecule has 7 atom stereocenters. The highest BCUT2D eigenvalue weighted by Gasteiger charge is 2.42. The van der Waals surface area contributed by atoms with Gasteiger partial charge in [-0.2, -0.15) is 9.97 Å². The van der Waals surface area contributed by atoms with Gasteiger partial charge in [0.1, 0.15) is 54.1 Å². The van der Waals surface area contributed by atoms with E-state index in [4.69, 9.17) is 35.3 Å². The van der Waals surface area contributed by atoms with Crippen LogP contribution in [0, 0.1) is 18.7 Å². The number of likely N-dealkylation sites (N-methyl/N-ethyl adjacent to an activating group) is 1. The van der Waals surface area contributed by atoms with Crippen molar-refractivity contribution in [3.63, 3.8) is 0 Å². The number of anilines is 1. The minimum Gasteiger partial charge on any atom is -0.508 e. The molecule has 6 fully saturated rings. The lowest BCUT2D eigenvalue weighted by Gasteiger charge is -2.37. The van der Waals surface area contributed by atoms with E-state index in [1.54, 1.807) is 33.4 Å². The molecule has 422 valence electrons. The van der Waals surface area contributed by atoms with E-state index < -0.39 is 23.9 Å². The number of hydrogen-bond acceptors (Lipinski definition) is 17. The molecule has 1 aliphatic carbocycles. The number of piperazine rings is 1. The average Bonchev–Trinajstić information content (AvgIpc) is 3.93. The number of benzene rings is 2. The van der Waals surface area contributed by atoms with Crippen molar-refractivity contribution in [2.24, 2.45) is 5.92 Å². The summed E-state index contributed by atoms with van der Waals surface area (Å²) in [4.78, 5) is 68.5. The van der Waals surface area contributed by atoms with Gasteiger partial charge in [-0.15, -0.1) is 11.3 Å². The monoisotopic (exact) mass is 1130 g/mol. The van der Waals surface area contributed by atoms with Crippen molar-refractivity contribution in [2.45, 2.75) is 133 Å². The lowest BCUT2D eigenvalue weighted by molar-refractivity contribution is -0.141. The summed E-state index contributed by atoms with van der Waals surface area (Å²) in [6.45, 7) is 10.7. The van der Waals surface area contributed by atoms with Gasteiger partial charge >= 0.3 is 12.1 Å². The van der Waals surface area contributed by atoms with Gasteiger partial charge in [0.2, 0.25) is 11.8 Å². The first-order valence-corrected chi connectivity index (χ1v) is 29.3. The smallest absolute Gasteiger partial charge is 0.410 e. The normalized spacial score (nSPS) is 22.9. The van der Waals surface area contributed by atoms with E-state index in [0.29, 0.717) is 72.1 Å². The van der Waals surface area contributed by atoms with Crippen LogP contribution in [0.4, 0.5) is 15.0 Å². The Kier molecular flexibility index (Phi) is 15.1. The molecule has 6 aliphatic rings. The number of pyridine rings is 1. The average molecular weight is 1130 g/mol. The highest BCUT2D eigenvalue weighted by molar-refractivity contribution is 7.13. The molecule has 5 saturated heterocycles. The fourth-order valence-electron chi connectivity index (χ4n) is 12.4. The second-order valence-corrected chi connectivity index (χ2v) is 24.2. The Morgan fingerprint density at radius 1 is 0.950 bits per heavy atom. The number of ether oxygens (including phenoxy) is 3. The Morgan fingerprint density at radius 3 is 2.41 bits per heavy atom. The lowest BCUT2D eigenvalue weighted by atomic mass is 9.91. The number of fused-ring (bicyclic) bond motifs is 3. The molecule has 80 heavy (non-hydrogen) atoms. The van der Waals surface area contributed by atoms with Crippen molar-refractivity contribution in [3.05, 3.63) is 87.6 Å². The van der Waals surface area contributed by atoms with Crippen molar-refractivity contribution >= 4 is 57.6 Å². The van der Waals surface area contributed by atoms with Gasteiger partial charge in [-0.25, -0.2) is 14.2 Å². The summed E-state index contributed by atoms with van der Waals surface area (Å²) in [5.41, 5.74) is 6.26. The minimum absolute atomic E-state index is 0.0520. The van der Waals surface area contributed by atoms with Crippen LogP contribution in [0.1, 0.15) is 113 Å². The Balaban J connectivity index is 0.629. The topological polar surface area (TPSA) is 214 Å². The van der Waals surface area contributed by atoms with E-state index in [1.807, 2.05) is 64.5 Å². The van der Waals surface area contributed by atoms with Crippen LogP contribution in [0.2, 0.25) is 5.02 Å². The molecule has 19 nitrogen and oxygen atoms in total. The van der Waals surface area contributed by atoms with Crippen LogP contribution in [-0.4, -0.2) is 152 Å². The number of nitrogens with one attached hydrogen (secondary N) is 2. The molecule has 9 heterocycles. The van der Waals surface area contributed by atoms with E-state index in [1.165, 1.54) is 12.1 Å². The van der Waals surface area contributed by atoms with Gasteiger partial charge in [0.05, 0.1) is 40.6 Å². The summed E-state index contributed by atoms with van der Waals surface area (Å²) in [5, 5.41) is 22.4. The van der Waals surface area contributed by atoms with E-state index in [-0.39, 0.29) is 103 Å². The zero-order valence-electron chi connectivity index (χ0n) is 45.6. The number of halogens is 2. The van der Waals surface area contributed by atoms with Gasteiger partial charge in [-0.3, -0.25) is 19.5 Å². The molecule has 6 aromatic rings. The van der Waals surface area contributed by atoms with Crippen LogP contribution in [-0.2, 0) is 14.3 Å². The molecule has 22 heteroatoms. The Labute approximate surface area is 472 Å². The van der Waals surface area contributed by atoms with Gasteiger partial charge in [0.15, 0.2) is 11.6 Å². The number of phenols is 1. The van der Waals surface area contributed by atoms with Crippen LogP contribution >= 0.6 is 22.9 Å². The quantitative estimate of drug-likeness (QED) is 0.0778. The number of aryl methyl sites for hydroxylation is 1. The molecule has 3 amide bonds. The molecule has 2 bridgehead atoms. The largest absolute Gasteiger partial charge is 0.508 e. The summed E-state index contributed by atoms with van der Waals surface area (Å²) in [6, 6.07) is 12.4. The van der Waals surface area contributed by atoms with Crippen LogP contribution in [0.15, 0.2) is 58.7 Å². The van der Waals surface area contributed by atoms with Crippen molar-refractivity contribution in [3.8, 4) is 39.3 Å². The van der Waals surface area contributed by atoms with Crippen LogP contribution in [0.3, 0.4) is 0 Å². The maximum Gasteiger partial charge on any atom is 0.410 e. The van der Waals surface area contributed by atoms with Gasteiger partial charge in [-0.05, 0) is 118 Å². The van der Waals surface area contributed by atoms with Crippen molar-refractivity contribution in [1.82, 2.24) is 50.4 Å². The Hall–Kier alpha value is -6.68. The lowest BCUT2D eigenvalue weighted by Crippen LogP contribution is -2.56. The van der Waals surface area contributed by atoms with Crippen LogP contribution in [0.25, 0.3) is 32.6 Å². The summed E-state index contributed by atoms with van der Waals surface area (Å²) in [6.07, 6.45) is 7.58. The summed E-state index contributed by atoms with van der Waals surface area (Å²) >= 11 is 8.23. The number of carbonyl (C=O) groups excluding carboxylic acids is 3. The standard InChI is InChI=1S/C58H67ClFN11O8S/c1-30(2)48(56(74)71-18-6-7-45(71)55(73)63-31(3)33-8-12-35(13-9-33)53-32(4)62-29-80-53)46-21-47(67-79-46)78-41-25-70(26-41)58(75)77-28-39-17-16-38(68(39)5)27-76-57-65-52-43(54(66-57)69-23-36-14-15-37(24-69)64-36)22-61-51(50(52)60)42-19-40(72)20-44(59)49(42)34-10-11-34/h8-9,12-13,19-22,29-31,34,36-39,41,45,48,64,72H,6-7,10-11,14-18,23-28H2,1-5H3,(H,63,73)/t31-,36?,37?,38-,39?,45-,48+/m0/s1. The number of carbonyl (C=O) groups is 3. The fourth-order valence-corrected chi connectivity index (χ4v) is 13.6. The summed E-state index contributed by atoms with van der Waals surface area (Å²) in [7, 11) is 1.98. The molecule has 3 N–H and O–H groups in total. The third-order valence-electron chi connectivity index (χ3n) is 17.1. The number of hydrogen-bond donors (Lipinski definition) is 3. The Morgan fingerprint density at radius 2 is 1.70 bits per heavy atom. The predicted molar refractivity (Wildman–Crippen MR) is 299 cm³/mol. The van der Waals surface area contributed by atoms with E-state index in [9.17, 15) is 19.5 Å². The number of likely N-dealkylation sites (tertiary alicyclic amines) is 3. The zero-order chi connectivity index (χ0) is 55.5. The summed E-state index contributed by atoms with van der Waals surface area (Å²) in [5.74, 6) is -0.630. The van der Waals surface area contributed by atoms with Gasteiger partial charge in [0.25, 0.3) is 5.88 Å². The minimum atomic E-state index is -0.687. The molecule has 3 unspecified atom stereocenters. The molecule has 2 aromatic carbocycles. The molecule has 1 saturated carbocycles. The predicted octanol–water partition coefficient (Wildman–Crippen LogP) is 8.78. The number of aromatic hydroxyl groups is 1. The maximum absolute atomic E-state index is 17.0. The number of thiazole rings is 1. The molecule has 0 radical (unpaired) electrons.